The first-order chi connectivity index (χ1) is 8.11. The lowest BCUT2D eigenvalue weighted by molar-refractivity contribution is 0.626. The molecule has 1 aromatic carbocycles. The van der Waals surface area contributed by atoms with E-state index >= 15 is 0 Å². The molecule has 5 heteroatoms. The molecule has 2 rings (SSSR count). The zero-order valence-corrected chi connectivity index (χ0v) is 12.2. The second-order valence-electron chi connectivity index (χ2n) is 3.54. The first-order valence-electron chi connectivity index (χ1n) is 4.99. The Bertz CT molecular complexity index is 541. The first-order valence-corrected chi connectivity index (χ1v) is 7.04. The highest BCUT2D eigenvalue weighted by atomic mass is 79.9. The van der Waals surface area contributed by atoms with Crippen LogP contribution in [0.2, 0.25) is 5.02 Å². The maximum Gasteiger partial charge on any atom is 0.123 e. The van der Waals surface area contributed by atoms with Crippen molar-refractivity contribution in [3.8, 4) is 0 Å². The number of thiophene rings is 1. The summed E-state index contributed by atoms with van der Waals surface area (Å²) in [5, 5.41) is 5.73. The van der Waals surface area contributed by atoms with E-state index in [0.717, 1.165) is 20.6 Å². The lowest BCUT2D eigenvalue weighted by Gasteiger charge is -2.06. The summed E-state index contributed by atoms with van der Waals surface area (Å²) in [5.41, 5.74) is 1.84. The molecule has 90 valence electrons. The van der Waals surface area contributed by atoms with Crippen molar-refractivity contribution in [2.75, 3.05) is 12.4 Å². The van der Waals surface area contributed by atoms with Crippen LogP contribution in [0.4, 0.5) is 10.1 Å². The third-order valence-electron chi connectivity index (χ3n) is 2.43. The molecule has 17 heavy (non-hydrogen) atoms. The van der Waals surface area contributed by atoms with Gasteiger partial charge in [0.25, 0.3) is 0 Å². The van der Waals surface area contributed by atoms with Crippen molar-refractivity contribution in [1.82, 2.24) is 0 Å². The summed E-state index contributed by atoms with van der Waals surface area (Å²) in [7, 11) is 1.86. The van der Waals surface area contributed by atoms with Crippen LogP contribution in [-0.2, 0) is 6.42 Å². The second kappa shape index (κ2) is 5.38. The van der Waals surface area contributed by atoms with Gasteiger partial charge in [0.15, 0.2) is 0 Å². The van der Waals surface area contributed by atoms with Gasteiger partial charge in [-0.2, -0.15) is 0 Å². The van der Waals surface area contributed by atoms with Crippen molar-refractivity contribution in [3.05, 3.63) is 49.3 Å². The molecular weight excluding hydrogens is 325 g/mol. The summed E-state index contributed by atoms with van der Waals surface area (Å²) >= 11 is 11.1. The maximum absolute atomic E-state index is 13.2. The molecule has 0 saturated heterocycles. The molecule has 0 spiro atoms. The molecule has 0 radical (unpaired) electrons. The van der Waals surface area contributed by atoms with Crippen LogP contribution in [0.15, 0.2) is 28.1 Å². The molecule has 1 nitrogen and oxygen atoms in total. The number of rotatable bonds is 3. The van der Waals surface area contributed by atoms with E-state index in [0.29, 0.717) is 11.4 Å². The van der Waals surface area contributed by atoms with Gasteiger partial charge in [0, 0.05) is 28.7 Å². The Balaban J connectivity index is 2.34. The number of benzene rings is 1. The molecule has 1 aromatic heterocycles. The molecule has 0 atom stereocenters. The third-order valence-corrected chi connectivity index (χ3v) is 4.71. The summed E-state index contributed by atoms with van der Waals surface area (Å²) in [6.45, 7) is 0. The van der Waals surface area contributed by atoms with Crippen LogP contribution in [0.3, 0.4) is 0 Å². The average molecular weight is 335 g/mol. The van der Waals surface area contributed by atoms with E-state index in [2.05, 4.69) is 21.2 Å². The minimum Gasteiger partial charge on any atom is -0.386 e. The Labute approximate surface area is 117 Å². The SMILES string of the molecule is CNc1c(Br)csc1Cc1cc(F)ccc1Cl. The van der Waals surface area contributed by atoms with Gasteiger partial charge in [-0.1, -0.05) is 11.6 Å². The molecule has 0 fully saturated rings. The van der Waals surface area contributed by atoms with Gasteiger partial charge in [0.1, 0.15) is 5.82 Å². The van der Waals surface area contributed by atoms with Gasteiger partial charge >= 0.3 is 0 Å². The zero-order chi connectivity index (χ0) is 12.4. The molecule has 1 N–H and O–H groups in total. The summed E-state index contributed by atoms with van der Waals surface area (Å²) in [6.07, 6.45) is 0.628. The van der Waals surface area contributed by atoms with Gasteiger partial charge in [-0.05, 0) is 39.7 Å². The third kappa shape index (κ3) is 2.81. The highest BCUT2D eigenvalue weighted by Gasteiger charge is 2.11. The van der Waals surface area contributed by atoms with Gasteiger partial charge in [0.05, 0.1) is 10.2 Å². The standard InChI is InChI=1S/C12H10BrClFNS/c1-16-12-9(13)6-17-11(12)5-7-4-8(15)2-3-10(7)14/h2-4,6,16H,5H2,1H3. The molecule has 0 bridgehead atoms. The minimum atomic E-state index is -0.258. The highest BCUT2D eigenvalue weighted by molar-refractivity contribution is 9.10. The number of anilines is 1. The fraction of sp³-hybridized carbons (Fsp3) is 0.167. The predicted octanol–water partition coefficient (Wildman–Crippen LogP) is 4.94. The molecule has 2 aromatic rings. The van der Waals surface area contributed by atoms with E-state index in [1.54, 1.807) is 17.4 Å². The quantitative estimate of drug-likeness (QED) is 0.838. The van der Waals surface area contributed by atoms with Crippen molar-refractivity contribution in [1.29, 1.82) is 0 Å². The van der Waals surface area contributed by atoms with Crippen molar-refractivity contribution in [2.24, 2.45) is 0 Å². The Kier molecular flexibility index (Phi) is 4.07. The first kappa shape index (κ1) is 12.9. The Morgan fingerprint density at radius 1 is 1.47 bits per heavy atom. The van der Waals surface area contributed by atoms with Crippen molar-refractivity contribution < 1.29 is 4.39 Å². The van der Waals surface area contributed by atoms with Crippen molar-refractivity contribution in [2.45, 2.75) is 6.42 Å². The topological polar surface area (TPSA) is 12.0 Å². The van der Waals surface area contributed by atoms with Crippen LogP contribution in [-0.4, -0.2) is 7.05 Å². The van der Waals surface area contributed by atoms with Gasteiger partial charge in [-0.3, -0.25) is 0 Å². The number of halogens is 3. The molecule has 0 amide bonds. The summed E-state index contributed by atoms with van der Waals surface area (Å²) < 4.78 is 14.2. The molecule has 0 saturated carbocycles. The summed E-state index contributed by atoms with van der Waals surface area (Å²) in [4.78, 5) is 1.13. The monoisotopic (exact) mass is 333 g/mol. The number of hydrogen-bond acceptors (Lipinski definition) is 2. The molecule has 0 aliphatic carbocycles. The number of nitrogens with one attached hydrogen (secondary N) is 1. The molecule has 0 unspecified atom stereocenters. The van der Waals surface area contributed by atoms with E-state index in [1.807, 2.05) is 12.4 Å². The highest BCUT2D eigenvalue weighted by Crippen LogP contribution is 2.35. The predicted molar refractivity (Wildman–Crippen MR) is 75.8 cm³/mol. The van der Waals surface area contributed by atoms with Gasteiger partial charge < -0.3 is 5.32 Å². The van der Waals surface area contributed by atoms with E-state index in [9.17, 15) is 4.39 Å². The van der Waals surface area contributed by atoms with Crippen LogP contribution >= 0.6 is 38.9 Å². The Morgan fingerprint density at radius 3 is 2.94 bits per heavy atom. The van der Waals surface area contributed by atoms with Gasteiger partial charge in [-0.15, -0.1) is 11.3 Å². The minimum absolute atomic E-state index is 0.258. The van der Waals surface area contributed by atoms with Crippen LogP contribution in [0.5, 0.6) is 0 Å². The largest absolute Gasteiger partial charge is 0.386 e. The second-order valence-corrected chi connectivity index (χ2v) is 5.77. The normalized spacial score (nSPS) is 10.6. The van der Waals surface area contributed by atoms with Crippen molar-refractivity contribution in [3.63, 3.8) is 0 Å². The van der Waals surface area contributed by atoms with E-state index in [1.165, 1.54) is 12.1 Å². The fourth-order valence-electron chi connectivity index (χ4n) is 1.61. The van der Waals surface area contributed by atoms with Crippen LogP contribution in [0, 0.1) is 5.82 Å². The van der Waals surface area contributed by atoms with E-state index < -0.39 is 0 Å². The van der Waals surface area contributed by atoms with Gasteiger partial charge in [-0.25, -0.2) is 4.39 Å². The Morgan fingerprint density at radius 2 is 2.24 bits per heavy atom. The molecular formula is C12H10BrClFNS. The van der Waals surface area contributed by atoms with Crippen LogP contribution in [0.1, 0.15) is 10.4 Å². The molecule has 0 aliphatic heterocycles. The maximum atomic E-state index is 13.2. The zero-order valence-electron chi connectivity index (χ0n) is 9.06. The lowest BCUT2D eigenvalue weighted by atomic mass is 10.1. The Hall–Kier alpha value is -0.580. The smallest absolute Gasteiger partial charge is 0.123 e. The number of hydrogen-bond donors (Lipinski definition) is 1. The summed E-state index contributed by atoms with van der Waals surface area (Å²) in [5.74, 6) is -0.258. The van der Waals surface area contributed by atoms with E-state index in [4.69, 9.17) is 11.6 Å². The van der Waals surface area contributed by atoms with Crippen molar-refractivity contribution >= 4 is 44.6 Å². The average Bonchev–Trinajstić information content (AvgIpc) is 2.64. The molecule has 1 heterocycles. The van der Waals surface area contributed by atoms with Crippen LogP contribution < -0.4 is 5.32 Å². The lowest BCUT2D eigenvalue weighted by Crippen LogP contribution is -1.94. The van der Waals surface area contributed by atoms with E-state index in [-0.39, 0.29) is 5.82 Å². The van der Waals surface area contributed by atoms with Gasteiger partial charge in [0.2, 0.25) is 0 Å². The fourth-order valence-corrected chi connectivity index (χ4v) is 3.58. The summed E-state index contributed by atoms with van der Waals surface area (Å²) in [6, 6.07) is 4.44. The van der Waals surface area contributed by atoms with Crippen LogP contribution in [0.25, 0.3) is 0 Å². The molecule has 0 aliphatic rings.